The molecule has 1 aromatic carbocycles. The third-order valence-corrected chi connectivity index (χ3v) is 6.62. The average molecular weight is 529 g/mol. The van der Waals surface area contributed by atoms with Gasteiger partial charge in [-0.15, -0.1) is 0 Å². The second kappa shape index (κ2) is 11.2. The molecular weight excluding hydrogens is 500 g/mol. The van der Waals surface area contributed by atoms with Crippen LogP contribution in [-0.2, 0) is 15.1 Å². The van der Waals surface area contributed by atoms with Gasteiger partial charge in [-0.2, -0.15) is 5.26 Å². The van der Waals surface area contributed by atoms with E-state index in [-0.39, 0.29) is 16.3 Å². The van der Waals surface area contributed by atoms with Crippen molar-refractivity contribution in [2.45, 2.75) is 57.6 Å². The molecule has 0 saturated heterocycles. The standard InChI is InChI=1S/C30H29ClN4O3/c1-29(2,3)38-28(37)24-17-21(19-33-26(24)31)25-13-9-12-23(34-25)16-20(18-32)27(36)35-30(14-7-8-15-30)22-10-5-4-6-11-22/h4-6,9-13,16-17,19H,7-8,14-15H2,1-3H3,(H,35,36)/b20-16+. The van der Waals surface area contributed by atoms with Gasteiger partial charge in [0, 0.05) is 11.8 Å². The number of benzene rings is 1. The van der Waals surface area contributed by atoms with Gasteiger partial charge >= 0.3 is 5.97 Å². The van der Waals surface area contributed by atoms with Crippen molar-refractivity contribution >= 4 is 29.6 Å². The van der Waals surface area contributed by atoms with Crippen LogP contribution in [0, 0.1) is 11.3 Å². The molecule has 0 spiro atoms. The number of carbonyl (C=O) groups excluding carboxylic acids is 2. The maximum Gasteiger partial charge on any atom is 0.341 e. The number of hydrogen-bond acceptors (Lipinski definition) is 6. The Hall–Kier alpha value is -4.02. The Bertz CT molecular complexity index is 1420. The molecule has 2 aromatic heterocycles. The van der Waals surface area contributed by atoms with Crippen LogP contribution < -0.4 is 5.32 Å². The summed E-state index contributed by atoms with van der Waals surface area (Å²) in [4.78, 5) is 34.5. The monoisotopic (exact) mass is 528 g/mol. The quantitative estimate of drug-likeness (QED) is 0.175. The van der Waals surface area contributed by atoms with E-state index in [4.69, 9.17) is 16.3 Å². The predicted octanol–water partition coefficient (Wildman–Crippen LogP) is 6.24. The number of hydrogen-bond donors (Lipinski definition) is 1. The number of amides is 1. The van der Waals surface area contributed by atoms with Crippen LogP contribution in [0.15, 0.2) is 66.4 Å². The SMILES string of the molecule is CC(C)(C)OC(=O)c1cc(-c2cccc(/C=C(\C#N)C(=O)NC3(c4ccccc4)CCCC3)n2)cnc1Cl. The smallest absolute Gasteiger partial charge is 0.341 e. The topological polar surface area (TPSA) is 105 Å². The summed E-state index contributed by atoms with van der Waals surface area (Å²) in [7, 11) is 0. The van der Waals surface area contributed by atoms with Crippen molar-refractivity contribution in [2.24, 2.45) is 0 Å². The van der Waals surface area contributed by atoms with Gasteiger partial charge in [-0.05, 0) is 63.5 Å². The van der Waals surface area contributed by atoms with Gasteiger partial charge in [0.25, 0.3) is 5.91 Å². The Kier molecular flexibility index (Phi) is 7.94. The summed E-state index contributed by atoms with van der Waals surface area (Å²) < 4.78 is 5.43. The lowest BCUT2D eigenvalue weighted by atomic mass is 9.88. The Labute approximate surface area is 227 Å². The molecule has 4 rings (SSSR count). The van der Waals surface area contributed by atoms with Crippen molar-refractivity contribution in [2.75, 3.05) is 0 Å². The molecule has 194 valence electrons. The van der Waals surface area contributed by atoms with Crippen molar-refractivity contribution in [3.63, 3.8) is 0 Å². The number of esters is 1. The van der Waals surface area contributed by atoms with Crippen LogP contribution in [0.25, 0.3) is 17.3 Å². The fourth-order valence-electron chi connectivity index (χ4n) is 4.56. The number of nitrogens with one attached hydrogen (secondary N) is 1. The van der Waals surface area contributed by atoms with Gasteiger partial charge in [-0.25, -0.2) is 14.8 Å². The number of ether oxygens (including phenoxy) is 1. The Balaban J connectivity index is 1.60. The molecule has 0 bridgehead atoms. The van der Waals surface area contributed by atoms with Gasteiger partial charge in [0.15, 0.2) is 0 Å². The number of nitriles is 1. The minimum Gasteiger partial charge on any atom is -0.456 e. The van der Waals surface area contributed by atoms with E-state index < -0.39 is 23.0 Å². The summed E-state index contributed by atoms with van der Waals surface area (Å²) in [6.45, 7) is 5.31. The van der Waals surface area contributed by atoms with Gasteiger partial charge in [-0.1, -0.05) is 60.8 Å². The molecule has 7 nitrogen and oxygen atoms in total. The lowest BCUT2D eigenvalue weighted by Gasteiger charge is -2.31. The van der Waals surface area contributed by atoms with E-state index in [1.165, 1.54) is 12.3 Å². The average Bonchev–Trinajstić information content (AvgIpc) is 3.36. The summed E-state index contributed by atoms with van der Waals surface area (Å²) >= 11 is 6.16. The zero-order chi connectivity index (χ0) is 27.3. The molecule has 1 aliphatic carbocycles. The van der Waals surface area contributed by atoms with Gasteiger partial charge in [0.1, 0.15) is 22.4 Å². The first-order valence-corrected chi connectivity index (χ1v) is 12.8. The van der Waals surface area contributed by atoms with Crippen LogP contribution in [-0.4, -0.2) is 27.4 Å². The lowest BCUT2D eigenvalue weighted by molar-refractivity contribution is -0.119. The van der Waals surface area contributed by atoms with Crippen molar-refractivity contribution in [3.05, 3.63) is 88.3 Å². The van der Waals surface area contributed by atoms with Gasteiger partial charge < -0.3 is 10.1 Å². The van der Waals surface area contributed by atoms with Crippen molar-refractivity contribution in [3.8, 4) is 17.3 Å². The molecule has 1 N–H and O–H groups in total. The van der Waals surface area contributed by atoms with Gasteiger partial charge in [0.2, 0.25) is 0 Å². The van der Waals surface area contributed by atoms with Crippen molar-refractivity contribution in [1.29, 1.82) is 5.26 Å². The molecule has 1 saturated carbocycles. The predicted molar refractivity (Wildman–Crippen MR) is 146 cm³/mol. The molecule has 0 unspecified atom stereocenters. The van der Waals surface area contributed by atoms with Crippen LogP contribution in [0.3, 0.4) is 0 Å². The fourth-order valence-corrected chi connectivity index (χ4v) is 4.74. The molecule has 0 radical (unpaired) electrons. The van der Waals surface area contributed by atoms with E-state index in [0.29, 0.717) is 17.0 Å². The first-order chi connectivity index (χ1) is 18.1. The first-order valence-electron chi connectivity index (χ1n) is 12.5. The lowest BCUT2D eigenvalue weighted by Crippen LogP contribution is -2.44. The van der Waals surface area contributed by atoms with Crippen LogP contribution >= 0.6 is 11.6 Å². The highest BCUT2D eigenvalue weighted by atomic mass is 35.5. The molecule has 0 atom stereocenters. The van der Waals surface area contributed by atoms with E-state index in [1.54, 1.807) is 45.0 Å². The summed E-state index contributed by atoms with van der Waals surface area (Å²) in [5, 5.41) is 13.0. The second-order valence-electron chi connectivity index (χ2n) is 10.3. The molecular formula is C30H29ClN4O3. The van der Waals surface area contributed by atoms with Crippen molar-refractivity contribution < 1.29 is 14.3 Å². The van der Waals surface area contributed by atoms with E-state index in [1.807, 2.05) is 36.4 Å². The zero-order valence-corrected chi connectivity index (χ0v) is 22.4. The highest BCUT2D eigenvalue weighted by molar-refractivity contribution is 6.32. The Morgan fingerprint density at radius 1 is 1.11 bits per heavy atom. The summed E-state index contributed by atoms with van der Waals surface area (Å²) in [6.07, 6.45) is 6.62. The molecule has 0 aliphatic heterocycles. The van der Waals surface area contributed by atoms with E-state index in [2.05, 4.69) is 15.3 Å². The van der Waals surface area contributed by atoms with Gasteiger partial charge in [-0.3, -0.25) is 4.79 Å². The highest BCUT2D eigenvalue weighted by Gasteiger charge is 2.37. The van der Waals surface area contributed by atoms with Crippen molar-refractivity contribution in [1.82, 2.24) is 15.3 Å². The van der Waals surface area contributed by atoms with Crippen LogP contribution in [0.4, 0.5) is 0 Å². The number of nitrogens with zero attached hydrogens (tertiary/aromatic N) is 3. The molecule has 3 aromatic rings. The maximum atomic E-state index is 13.2. The zero-order valence-electron chi connectivity index (χ0n) is 21.6. The molecule has 38 heavy (non-hydrogen) atoms. The summed E-state index contributed by atoms with van der Waals surface area (Å²) in [5.74, 6) is -1.03. The number of carbonyl (C=O) groups is 2. The second-order valence-corrected chi connectivity index (χ2v) is 10.6. The summed E-state index contributed by atoms with van der Waals surface area (Å²) in [6, 6.07) is 18.7. The maximum absolute atomic E-state index is 13.2. The Morgan fingerprint density at radius 2 is 1.82 bits per heavy atom. The highest BCUT2D eigenvalue weighted by Crippen LogP contribution is 2.39. The molecule has 8 heteroatoms. The first kappa shape index (κ1) is 27.0. The Morgan fingerprint density at radius 3 is 2.47 bits per heavy atom. The summed E-state index contributed by atoms with van der Waals surface area (Å²) in [5.41, 5.74) is 1.41. The largest absolute Gasteiger partial charge is 0.456 e. The van der Waals surface area contributed by atoms with Crippen LogP contribution in [0.2, 0.25) is 5.15 Å². The van der Waals surface area contributed by atoms with E-state index in [0.717, 1.165) is 31.2 Å². The number of halogens is 1. The number of aromatic nitrogens is 2. The molecule has 1 aliphatic rings. The number of rotatable bonds is 6. The van der Waals surface area contributed by atoms with Gasteiger partial charge in [0.05, 0.1) is 22.5 Å². The minimum atomic E-state index is -0.689. The van der Waals surface area contributed by atoms with E-state index >= 15 is 0 Å². The molecule has 1 amide bonds. The third-order valence-electron chi connectivity index (χ3n) is 6.32. The van der Waals surface area contributed by atoms with E-state index in [9.17, 15) is 14.9 Å². The normalized spacial score (nSPS) is 15.0. The minimum absolute atomic E-state index is 0.0294. The van der Waals surface area contributed by atoms with Crippen LogP contribution in [0.5, 0.6) is 0 Å². The number of pyridine rings is 2. The fraction of sp³-hybridized carbons (Fsp3) is 0.300. The molecule has 2 heterocycles. The van der Waals surface area contributed by atoms with Crippen LogP contribution in [0.1, 0.15) is 68.1 Å². The third kappa shape index (κ3) is 6.27. The molecule has 1 fully saturated rings.